The molecular formula is C33H38F14N6O16. The standard InChI is InChI=1S/C33H38F14N6O16/c1-17(55)16-68-19(57)5-8-49-21(59)48(7-4-18(56)67-15-12-53-25(63)51(10-13-54)24(62)52(26(53)64)11-14-65-2)22(60)50(23(49)61)9-6-20(58)69-33(46,47)31(42,43)29(38,39)27(34,35)28(36,37)30(40,41)32(44,45)66-3/h17,54-55H,4-16H2,1-3H3. The van der Waals surface area contributed by atoms with E-state index >= 15 is 0 Å². The first-order valence-electron chi connectivity index (χ1n) is 18.9. The Balaban J connectivity index is 2.48. The number of nitrogens with zero attached hydrogens (tertiary/aromatic N) is 6. The third kappa shape index (κ3) is 11.9. The van der Waals surface area contributed by atoms with E-state index in [0.717, 1.165) is 6.92 Å². The van der Waals surface area contributed by atoms with Gasteiger partial charge in [-0.05, 0) is 6.92 Å². The van der Waals surface area contributed by atoms with Crippen LogP contribution in [0.25, 0.3) is 0 Å². The number of aliphatic hydroxyl groups is 2. The quantitative estimate of drug-likeness (QED) is 0.0629. The number of alkyl halides is 14. The highest BCUT2D eigenvalue weighted by atomic mass is 19.4. The van der Waals surface area contributed by atoms with E-state index < -0.39 is 179 Å². The Morgan fingerprint density at radius 3 is 1.16 bits per heavy atom. The van der Waals surface area contributed by atoms with Gasteiger partial charge in [-0.3, -0.25) is 14.4 Å². The van der Waals surface area contributed by atoms with Gasteiger partial charge in [-0.25, -0.2) is 56.2 Å². The molecule has 2 aromatic heterocycles. The normalized spacial score (nSPS) is 13.6. The van der Waals surface area contributed by atoms with E-state index in [1.807, 2.05) is 0 Å². The number of ether oxygens (including phenoxy) is 5. The van der Waals surface area contributed by atoms with E-state index in [-0.39, 0.29) is 26.9 Å². The molecule has 2 aromatic rings. The lowest BCUT2D eigenvalue weighted by Gasteiger charge is -2.41. The highest BCUT2D eigenvalue weighted by molar-refractivity contribution is 5.70. The van der Waals surface area contributed by atoms with Crippen LogP contribution in [-0.4, -0.2) is 144 Å². The molecule has 0 aliphatic heterocycles. The van der Waals surface area contributed by atoms with Gasteiger partial charge >= 0.3 is 93.9 Å². The SMILES string of the molecule is COCCn1c(=O)n(CCO)c(=O)n(CCOC(=O)CCn2c(=O)n(CCC(=O)OCC(C)O)c(=O)n(CCC(=O)OC(F)(F)C(F)(F)C(F)(F)C(F)(F)C(F)(F)C(F)(F)C(F)(F)OC)c2=O)c1=O. The largest absolute Gasteiger partial charge is 0.473 e. The molecule has 0 spiro atoms. The second-order valence-electron chi connectivity index (χ2n) is 13.9. The van der Waals surface area contributed by atoms with Gasteiger partial charge < -0.3 is 33.9 Å². The molecule has 0 aliphatic carbocycles. The Morgan fingerprint density at radius 2 is 0.797 bits per heavy atom. The van der Waals surface area contributed by atoms with Crippen LogP contribution in [-0.2, 0) is 77.3 Å². The zero-order chi connectivity index (χ0) is 53.5. The molecule has 2 N–H and O–H groups in total. The number of esters is 3. The van der Waals surface area contributed by atoms with Crippen LogP contribution in [0, 0.1) is 0 Å². The number of methoxy groups -OCH3 is 2. The minimum Gasteiger partial charge on any atom is -0.464 e. The molecule has 1 atom stereocenters. The van der Waals surface area contributed by atoms with Crippen LogP contribution < -0.4 is 34.1 Å². The van der Waals surface area contributed by atoms with Gasteiger partial charge in [-0.2, -0.15) is 61.5 Å². The van der Waals surface area contributed by atoms with Crippen molar-refractivity contribution >= 4 is 17.9 Å². The second kappa shape index (κ2) is 22.2. The summed E-state index contributed by atoms with van der Waals surface area (Å²) < 4.78 is 216. The molecule has 0 saturated heterocycles. The predicted molar refractivity (Wildman–Crippen MR) is 193 cm³/mol. The lowest BCUT2D eigenvalue weighted by atomic mass is 9.93. The fourth-order valence-corrected chi connectivity index (χ4v) is 5.36. The van der Waals surface area contributed by atoms with Crippen molar-refractivity contribution in [2.24, 2.45) is 0 Å². The van der Waals surface area contributed by atoms with Gasteiger partial charge in [0, 0.05) is 33.9 Å². The molecule has 394 valence electrons. The molecule has 0 bridgehead atoms. The van der Waals surface area contributed by atoms with Crippen LogP contribution >= 0.6 is 0 Å². The van der Waals surface area contributed by atoms with Gasteiger partial charge in [0.2, 0.25) is 0 Å². The van der Waals surface area contributed by atoms with Crippen LogP contribution in [0.3, 0.4) is 0 Å². The van der Waals surface area contributed by atoms with Crippen molar-refractivity contribution in [3.05, 3.63) is 62.9 Å². The van der Waals surface area contributed by atoms with E-state index in [2.05, 4.69) is 14.2 Å². The molecule has 0 aliphatic rings. The number of hydrogen-bond acceptors (Lipinski definition) is 16. The van der Waals surface area contributed by atoms with Gasteiger partial charge in [0.15, 0.2) is 0 Å². The van der Waals surface area contributed by atoms with Crippen molar-refractivity contribution < 1.29 is 110 Å². The second-order valence-corrected chi connectivity index (χ2v) is 13.9. The van der Waals surface area contributed by atoms with Gasteiger partial charge in [-0.1, -0.05) is 0 Å². The Hall–Kier alpha value is -5.91. The first-order chi connectivity index (χ1) is 31.5. The first-order valence-corrected chi connectivity index (χ1v) is 18.9. The number of hydrogen-bond donors (Lipinski definition) is 2. The zero-order valence-electron chi connectivity index (χ0n) is 35.4. The van der Waals surface area contributed by atoms with E-state index in [9.17, 15) is 115 Å². The molecular weight excluding hydrogens is 1000 g/mol. The van der Waals surface area contributed by atoms with Crippen molar-refractivity contribution in [1.29, 1.82) is 0 Å². The van der Waals surface area contributed by atoms with Gasteiger partial charge in [0.25, 0.3) is 0 Å². The Bertz CT molecular complexity index is 2550. The Labute approximate surface area is 372 Å². The topological polar surface area (TPSA) is 270 Å². The monoisotopic (exact) mass is 1040 g/mol. The minimum atomic E-state index is -8.56. The van der Waals surface area contributed by atoms with Crippen molar-refractivity contribution in [2.75, 3.05) is 40.6 Å². The van der Waals surface area contributed by atoms with Gasteiger partial charge in [-0.15, -0.1) is 0 Å². The maximum atomic E-state index is 14.4. The molecule has 22 nitrogen and oxygen atoms in total. The summed E-state index contributed by atoms with van der Waals surface area (Å²) >= 11 is 0. The van der Waals surface area contributed by atoms with Crippen molar-refractivity contribution in [2.45, 2.75) is 113 Å². The highest BCUT2D eigenvalue weighted by Crippen LogP contribution is 2.62. The average Bonchev–Trinajstić information content (AvgIpc) is 3.24. The summed E-state index contributed by atoms with van der Waals surface area (Å²) in [6.45, 7) is -7.13. The average molecular weight is 1040 g/mol. The van der Waals surface area contributed by atoms with E-state index in [4.69, 9.17) is 9.47 Å². The summed E-state index contributed by atoms with van der Waals surface area (Å²) in [6.07, 6.45) is -19.7. The highest BCUT2D eigenvalue weighted by Gasteiger charge is 2.94. The van der Waals surface area contributed by atoms with Gasteiger partial charge in [0.05, 0.1) is 58.2 Å². The number of aromatic nitrogens is 6. The minimum absolute atomic E-state index is 0.0432. The number of carbonyl (C=O) groups is 3. The summed E-state index contributed by atoms with van der Waals surface area (Å²) in [7, 11) is 0.643. The molecule has 1 unspecified atom stereocenters. The summed E-state index contributed by atoms with van der Waals surface area (Å²) in [5, 5.41) is 18.5. The molecule has 0 fully saturated rings. The third-order valence-electron chi connectivity index (χ3n) is 9.10. The number of carbonyl (C=O) groups excluding carboxylic acids is 3. The molecule has 0 radical (unpaired) electrons. The molecule has 36 heteroatoms. The van der Waals surface area contributed by atoms with Crippen LogP contribution in [0.1, 0.15) is 26.2 Å². The fourth-order valence-electron chi connectivity index (χ4n) is 5.36. The molecule has 69 heavy (non-hydrogen) atoms. The number of rotatable bonds is 27. The van der Waals surface area contributed by atoms with Crippen molar-refractivity contribution in [3.63, 3.8) is 0 Å². The fraction of sp³-hybridized carbons (Fsp3) is 0.727. The van der Waals surface area contributed by atoms with Crippen LogP contribution in [0.4, 0.5) is 61.5 Å². The van der Waals surface area contributed by atoms with E-state index in [0.29, 0.717) is 13.7 Å². The number of aliphatic hydroxyl groups excluding tert-OH is 2. The maximum Gasteiger partial charge on any atom is 0.473 e. The summed E-state index contributed by atoms with van der Waals surface area (Å²) in [5.74, 6) is -47.1. The van der Waals surface area contributed by atoms with Crippen molar-refractivity contribution in [1.82, 2.24) is 27.4 Å². The summed E-state index contributed by atoms with van der Waals surface area (Å²) in [5.41, 5.74) is -9.20. The van der Waals surface area contributed by atoms with Crippen molar-refractivity contribution in [3.8, 4) is 0 Å². The van der Waals surface area contributed by atoms with Crippen LogP contribution in [0.2, 0.25) is 0 Å². The Kier molecular flexibility index (Phi) is 19.1. The molecule has 0 aromatic carbocycles. The van der Waals surface area contributed by atoms with Gasteiger partial charge in [0.1, 0.15) is 13.2 Å². The predicted octanol–water partition coefficient (Wildman–Crippen LogP) is -0.815. The smallest absolute Gasteiger partial charge is 0.464 e. The number of halogens is 14. The molecule has 2 rings (SSSR count). The molecule has 0 amide bonds. The third-order valence-corrected chi connectivity index (χ3v) is 9.10. The molecule has 0 saturated carbocycles. The Morgan fingerprint density at radius 1 is 0.478 bits per heavy atom. The lowest BCUT2D eigenvalue weighted by Crippen LogP contribution is -2.73. The van der Waals surface area contributed by atoms with E-state index in [1.165, 1.54) is 7.11 Å². The lowest BCUT2D eigenvalue weighted by molar-refractivity contribution is -0.475. The summed E-state index contributed by atoms with van der Waals surface area (Å²) in [4.78, 5) is 115. The van der Waals surface area contributed by atoms with Crippen LogP contribution in [0.5, 0.6) is 0 Å². The van der Waals surface area contributed by atoms with E-state index in [1.54, 1.807) is 0 Å². The summed E-state index contributed by atoms with van der Waals surface area (Å²) in [6, 6.07) is 0. The van der Waals surface area contributed by atoms with Crippen LogP contribution in [0.15, 0.2) is 28.8 Å². The zero-order valence-corrected chi connectivity index (χ0v) is 35.4. The molecule has 2 heterocycles. The first kappa shape index (κ1) is 59.2. The maximum absolute atomic E-state index is 14.4.